The first-order chi connectivity index (χ1) is 21.4. The number of hydrogen-bond donors (Lipinski definition) is 2. The Bertz CT molecular complexity index is 1580. The minimum atomic E-state index is -0.383. The monoisotopic (exact) mass is 632 g/mol. The van der Waals surface area contributed by atoms with Gasteiger partial charge in [0, 0.05) is 0 Å². The number of amides is 2. The van der Waals surface area contributed by atoms with Gasteiger partial charge in [0.1, 0.15) is 36.2 Å². The van der Waals surface area contributed by atoms with Crippen LogP contribution in [0.4, 0.5) is 10.3 Å². The van der Waals surface area contributed by atoms with Crippen molar-refractivity contribution in [1.82, 2.24) is 20.4 Å². The van der Waals surface area contributed by atoms with Crippen LogP contribution >= 0.6 is 22.7 Å². The Morgan fingerprint density at radius 2 is 1.00 bits per heavy atom. The Labute approximate surface area is 261 Å². The summed E-state index contributed by atoms with van der Waals surface area (Å²) in [6, 6.07) is 21.9. The van der Waals surface area contributed by atoms with E-state index in [9.17, 15) is 9.59 Å². The lowest BCUT2D eigenvalue weighted by atomic mass is 10.2. The van der Waals surface area contributed by atoms with Crippen molar-refractivity contribution >= 4 is 44.8 Å². The van der Waals surface area contributed by atoms with Crippen molar-refractivity contribution in [3.05, 3.63) is 93.9 Å². The molecule has 0 unspecified atom stereocenters. The van der Waals surface area contributed by atoms with Crippen LogP contribution in [0, 0.1) is 13.8 Å². The van der Waals surface area contributed by atoms with Crippen LogP contribution < -0.4 is 29.6 Å². The number of carbonyl (C=O) groups is 2. The second-order valence-electron chi connectivity index (χ2n) is 9.26. The van der Waals surface area contributed by atoms with E-state index in [2.05, 4.69) is 31.0 Å². The second kappa shape index (κ2) is 14.9. The van der Waals surface area contributed by atoms with Gasteiger partial charge in [0.15, 0.2) is 23.2 Å². The van der Waals surface area contributed by atoms with E-state index < -0.39 is 0 Å². The van der Waals surface area contributed by atoms with E-state index >= 15 is 0 Å². The molecule has 44 heavy (non-hydrogen) atoms. The fourth-order valence-corrected chi connectivity index (χ4v) is 5.02. The summed E-state index contributed by atoms with van der Waals surface area (Å²) in [5, 5.41) is 23.4. The molecular formula is C30H28N6O6S2. The van der Waals surface area contributed by atoms with Gasteiger partial charge in [-0.2, -0.15) is 0 Å². The number of rotatable bonds is 14. The maximum absolute atomic E-state index is 12.3. The zero-order valence-electron chi connectivity index (χ0n) is 23.8. The Hall–Kier alpha value is -5.08. The van der Waals surface area contributed by atoms with Crippen molar-refractivity contribution in [3.63, 3.8) is 0 Å². The highest BCUT2D eigenvalue weighted by Crippen LogP contribution is 2.23. The first-order valence-corrected chi connectivity index (χ1v) is 15.0. The molecule has 5 aromatic rings. The Morgan fingerprint density at radius 3 is 1.41 bits per heavy atom. The SMILES string of the molecule is Cc1ccccc1OCc1nnc(NC(=O)COc2ccc(OCC(=O)Nc3nnc(COc4ccccc4C)s3)cc2)s1. The molecule has 0 saturated carbocycles. The summed E-state index contributed by atoms with van der Waals surface area (Å²) < 4.78 is 22.6. The number of nitrogens with one attached hydrogen (secondary N) is 2. The number of carbonyl (C=O) groups excluding carboxylic acids is 2. The molecule has 0 atom stereocenters. The van der Waals surface area contributed by atoms with Crippen LogP contribution in [0.5, 0.6) is 23.0 Å². The molecule has 0 aliphatic heterocycles. The summed E-state index contributed by atoms with van der Waals surface area (Å²) in [5.41, 5.74) is 2.04. The molecule has 0 aliphatic carbocycles. The predicted molar refractivity (Wildman–Crippen MR) is 166 cm³/mol. The number of hydrogen-bond acceptors (Lipinski definition) is 12. The Kier molecular flexibility index (Phi) is 10.3. The molecule has 0 bridgehead atoms. The molecule has 0 fully saturated rings. The molecule has 2 heterocycles. The zero-order chi connectivity index (χ0) is 30.7. The molecule has 3 aromatic carbocycles. The zero-order valence-corrected chi connectivity index (χ0v) is 25.4. The molecule has 14 heteroatoms. The van der Waals surface area contributed by atoms with Crippen LogP contribution in [0.3, 0.4) is 0 Å². The molecular weight excluding hydrogens is 605 g/mol. The first kappa shape index (κ1) is 30.4. The van der Waals surface area contributed by atoms with Crippen molar-refractivity contribution in [2.75, 3.05) is 23.8 Å². The number of ether oxygens (including phenoxy) is 4. The highest BCUT2D eigenvalue weighted by molar-refractivity contribution is 7.15. The van der Waals surface area contributed by atoms with Gasteiger partial charge >= 0.3 is 0 Å². The highest BCUT2D eigenvalue weighted by atomic mass is 32.1. The van der Waals surface area contributed by atoms with E-state index in [4.69, 9.17) is 18.9 Å². The van der Waals surface area contributed by atoms with Crippen LogP contribution in [0.2, 0.25) is 0 Å². The molecule has 2 N–H and O–H groups in total. The lowest BCUT2D eigenvalue weighted by molar-refractivity contribution is -0.118. The van der Waals surface area contributed by atoms with Crippen LogP contribution in [0.1, 0.15) is 21.1 Å². The van der Waals surface area contributed by atoms with E-state index in [1.54, 1.807) is 24.3 Å². The Balaban J connectivity index is 0.991. The van der Waals surface area contributed by atoms with Crippen molar-refractivity contribution in [1.29, 1.82) is 0 Å². The molecule has 5 rings (SSSR count). The lowest BCUT2D eigenvalue weighted by Gasteiger charge is -2.08. The first-order valence-electron chi connectivity index (χ1n) is 13.4. The van der Waals surface area contributed by atoms with Crippen LogP contribution in [0.15, 0.2) is 72.8 Å². The Morgan fingerprint density at radius 1 is 0.591 bits per heavy atom. The van der Waals surface area contributed by atoms with E-state index in [0.29, 0.717) is 31.8 Å². The largest absolute Gasteiger partial charge is 0.486 e. The molecule has 2 aromatic heterocycles. The van der Waals surface area contributed by atoms with Crippen molar-refractivity contribution < 1.29 is 28.5 Å². The second-order valence-corrected chi connectivity index (χ2v) is 11.4. The van der Waals surface area contributed by atoms with E-state index in [1.165, 1.54) is 22.7 Å². The molecule has 0 spiro atoms. The molecule has 0 radical (unpaired) electrons. The van der Waals surface area contributed by atoms with E-state index in [-0.39, 0.29) is 38.2 Å². The van der Waals surface area contributed by atoms with E-state index in [1.807, 2.05) is 62.4 Å². The number of aryl methyl sites for hydroxylation is 2. The summed E-state index contributed by atoms with van der Waals surface area (Å²) in [6.45, 7) is 3.97. The summed E-state index contributed by atoms with van der Waals surface area (Å²) in [5.74, 6) is 1.68. The van der Waals surface area contributed by atoms with Crippen molar-refractivity contribution in [3.8, 4) is 23.0 Å². The molecule has 2 amide bonds. The van der Waals surface area contributed by atoms with Gasteiger partial charge in [0.25, 0.3) is 11.8 Å². The van der Waals surface area contributed by atoms with Gasteiger partial charge in [-0.05, 0) is 61.4 Å². The number of nitrogens with zero attached hydrogens (tertiary/aromatic N) is 4. The number of para-hydroxylation sites is 2. The highest BCUT2D eigenvalue weighted by Gasteiger charge is 2.12. The van der Waals surface area contributed by atoms with Gasteiger partial charge in [-0.25, -0.2) is 0 Å². The number of aromatic nitrogens is 4. The molecule has 0 saturated heterocycles. The third-order valence-electron chi connectivity index (χ3n) is 5.88. The summed E-state index contributed by atoms with van der Waals surface area (Å²) in [4.78, 5) is 24.6. The number of anilines is 2. The smallest absolute Gasteiger partial charge is 0.264 e. The quantitative estimate of drug-likeness (QED) is 0.167. The summed E-state index contributed by atoms with van der Waals surface area (Å²) in [7, 11) is 0. The van der Waals surface area contributed by atoms with Gasteiger partial charge in [0.2, 0.25) is 10.3 Å². The maximum atomic E-state index is 12.3. The third-order valence-corrected chi connectivity index (χ3v) is 7.50. The molecule has 226 valence electrons. The average Bonchev–Trinajstić information content (AvgIpc) is 3.67. The average molecular weight is 633 g/mol. The lowest BCUT2D eigenvalue weighted by Crippen LogP contribution is -2.20. The maximum Gasteiger partial charge on any atom is 0.264 e. The van der Waals surface area contributed by atoms with Crippen molar-refractivity contribution in [2.24, 2.45) is 0 Å². The minimum absolute atomic E-state index is 0.225. The topological polar surface area (TPSA) is 147 Å². The van der Waals surface area contributed by atoms with Gasteiger partial charge in [-0.3, -0.25) is 20.2 Å². The van der Waals surface area contributed by atoms with Crippen LogP contribution in [-0.2, 0) is 22.8 Å². The normalized spacial score (nSPS) is 10.6. The van der Waals surface area contributed by atoms with Gasteiger partial charge in [-0.1, -0.05) is 59.1 Å². The number of benzene rings is 3. The van der Waals surface area contributed by atoms with Gasteiger partial charge in [0.05, 0.1) is 0 Å². The fraction of sp³-hybridized carbons (Fsp3) is 0.200. The van der Waals surface area contributed by atoms with Crippen molar-refractivity contribution in [2.45, 2.75) is 27.1 Å². The summed E-state index contributed by atoms with van der Waals surface area (Å²) >= 11 is 2.45. The van der Waals surface area contributed by atoms with Crippen LogP contribution in [-0.4, -0.2) is 45.4 Å². The molecule has 12 nitrogen and oxygen atoms in total. The molecule has 0 aliphatic rings. The van der Waals surface area contributed by atoms with Gasteiger partial charge < -0.3 is 18.9 Å². The van der Waals surface area contributed by atoms with E-state index in [0.717, 1.165) is 22.6 Å². The van der Waals surface area contributed by atoms with Crippen LogP contribution in [0.25, 0.3) is 0 Å². The predicted octanol–water partition coefficient (Wildman–Crippen LogP) is 5.20. The standard InChI is InChI=1S/C30H28N6O6S2/c1-19-7-3-5-9-23(19)41-17-27-33-35-29(43-27)31-25(37)15-39-21-11-13-22(14-12-21)40-16-26(38)32-30-36-34-28(44-30)18-42-24-10-6-4-8-20(24)2/h3-14H,15-18H2,1-2H3,(H,31,35,37)(H,32,36,38). The van der Waals surface area contributed by atoms with Gasteiger partial charge in [-0.15, -0.1) is 20.4 Å². The minimum Gasteiger partial charge on any atom is -0.486 e. The fourth-order valence-electron chi connectivity index (χ4n) is 3.68. The third kappa shape index (κ3) is 8.96. The summed E-state index contributed by atoms with van der Waals surface area (Å²) in [6.07, 6.45) is 0.